The van der Waals surface area contributed by atoms with Crippen molar-refractivity contribution in [2.24, 2.45) is 0 Å². The first kappa shape index (κ1) is 17.7. The van der Waals surface area contributed by atoms with Gasteiger partial charge in [0.25, 0.3) is 0 Å². The SMILES string of the molecule is CCCCOc1cc(Cl)c(C(O)c2cc3ccccc3s2)cc1Br. The van der Waals surface area contributed by atoms with E-state index >= 15 is 0 Å². The topological polar surface area (TPSA) is 29.5 Å². The van der Waals surface area contributed by atoms with Crippen LogP contribution in [0.1, 0.15) is 36.3 Å². The third-order valence-corrected chi connectivity index (χ3v) is 5.93. The minimum absolute atomic E-state index is 0.509. The van der Waals surface area contributed by atoms with Gasteiger partial charge in [-0.2, -0.15) is 0 Å². The van der Waals surface area contributed by atoms with Gasteiger partial charge in [-0.3, -0.25) is 0 Å². The molecule has 2 nitrogen and oxygen atoms in total. The van der Waals surface area contributed by atoms with E-state index < -0.39 is 6.10 Å². The minimum Gasteiger partial charge on any atom is -0.492 e. The van der Waals surface area contributed by atoms with Crippen LogP contribution in [0.25, 0.3) is 10.1 Å². The number of ether oxygens (including phenoxy) is 1. The van der Waals surface area contributed by atoms with E-state index in [1.54, 1.807) is 17.4 Å². The number of aliphatic hydroxyl groups excluding tert-OH is 1. The number of hydrogen-bond acceptors (Lipinski definition) is 3. The fourth-order valence-corrected chi connectivity index (χ4v) is 4.28. The molecule has 0 aliphatic carbocycles. The Balaban J connectivity index is 1.89. The molecule has 1 heterocycles. The van der Waals surface area contributed by atoms with Crippen LogP contribution in [0.5, 0.6) is 5.75 Å². The summed E-state index contributed by atoms with van der Waals surface area (Å²) in [5.41, 5.74) is 0.679. The van der Waals surface area contributed by atoms with Crippen LogP contribution in [0.2, 0.25) is 5.02 Å². The second-order valence-electron chi connectivity index (χ2n) is 5.60. The third-order valence-electron chi connectivity index (χ3n) is 3.82. The van der Waals surface area contributed by atoms with Crippen molar-refractivity contribution in [1.29, 1.82) is 0 Å². The molecule has 0 amide bonds. The fraction of sp³-hybridized carbons (Fsp3) is 0.263. The van der Waals surface area contributed by atoms with Crippen LogP contribution in [0.15, 0.2) is 46.9 Å². The van der Waals surface area contributed by atoms with Gasteiger partial charge in [-0.05, 0) is 45.9 Å². The van der Waals surface area contributed by atoms with Crippen LogP contribution in [0.3, 0.4) is 0 Å². The molecule has 0 saturated heterocycles. The summed E-state index contributed by atoms with van der Waals surface area (Å²) in [4.78, 5) is 0.879. The summed E-state index contributed by atoms with van der Waals surface area (Å²) >= 11 is 11.5. The summed E-state index contributed by atoms with van der Waals surface area (Å²) in [5, 5.41) is 12.4. The number of hydrogen-bond donors (Lipinski definition) is 1. The van der Waals surface area contributed by atoms with Crippen molar-refractivity contribution in [2.75, 3.05) is 6.61 Å². The Hall–Kier alpha value is -1.07. The van der Waals surface area contributed by atoms with Crippen molar-refractivity contribution in [3.8, 4) is 5.75 Å². The van der Waals surface area contributed by atoms with Crippen molar-refractivity contribution in [3.05, 3.63) is 62.4 Å². The maximum absolute atomic E-state index is 10.8. The van der Waals surface area contributed by atoms with Gasteiger partial charge in [0.2, 0.25) is 0 Å². The molecule has 0 bridgehead atoms. The van der Waals surface area contributed by atoms with Gasteiger partial charge >= 0.3 is 0 Å². The number of aliphatic hydroxyl groups is 1. The molecular weight excluding hydrogens is 408 g/mol. The zero-order valence-corrected chi connectivity index (χ0v) is 16.4. The Kier molecular flexibility index (Phi) is 5.82. The van der Waals surface area contributed by atoms with Crippen LogP contribution in [-0.4, -0.2) is 11.7 Å². The molecule has 1 atom stereocenters. The Morgan fingerprint density at radius 3 is 2.79 bits per heavy atom. The van der Waals surface area contributed by atoms with E-state index in [1.807, 2.05) is 30.3 Å². The maximum Gasteiger partial charge on any atom is 0.134 e. The smallest absolute Gasteiger partial charge is 0.134 e. The van der Waals surface area contributed by atoms with Crippen LogP contribution in [0.4, 0.5) is 0 Å². The quantitative estimate of drug-likeness (QED) is 0.452. The lowest BCUT2D eigenvalue weighted by atomic mass is 10.1. The molecule has 0 radical (unpaired) electrons. The molecular formula is C19H18BrClO2S. The normalized spacial score (nSPS) is 12.5. The van der Waals surface area contributed by atoms with E-state index in [2.05, 4.69) is 28.9 Å². The summed E-state index contributed by atoms with van der Waals surface area (Å²) in [6, 6.07) is 13.7. The number of fused-ring (bicyclic) bond motifs is 1. The molecule has 2 aromatic carbocycles. The summed E-state index contributed by atoms with van der Waals surface area (Å²) < 4.78 is 7.69. The molecule has 3 aromatic rings. The molecule has 3 rings (SSSR count). The third kappa shape index (κ3) is 3.77. The number of halogens is 2. The molecule has 0 saturated carbocycles. The van der Waals surface area contributed by atoms with Gasteiger partial charge in [-0.1, -0.05) is 43.1 Å². The first-order valence-electron chi connectivity index (χ1n) is 7.88. The highest BCUT2D eigenvalue weighted by molar-refractivity contribution is 9.10. The zero-order chi connectivity index (χ0) is 17.1. The van der Waals surface area contributed by atoms with Gasteiger partial charge in [-0.15, -0.1) is 11.3 Å². The molecule has 0 fully saturated rings. The molecule has 126 valence electrons. The standard InChI is InChI=1S/C19H18BrClO2S/c1-2-3-8-23-16-11-15(21)13(10-14(16)20)19(22)18-9-12-6-4-5-7-17(12)24-18/h4-7,9-11,19,22H,2-3,8H2,1H3. The summed E-state index contributed by atoms with van der Waals surface area (Å²) in [6.45, 7) is 2.78. The first-order chi connectivity index (χ1) is 11.6. The van der Waals surface area contributed by atoms with E-state index in [4.69, 9.17) is 16.3 Å². The molecule has 24 heavy (non-hydrogen) atoms. The molecule has 0 aliphatic rings. The summed E-state index contributed by atoms with van der Waals surface area (Å²) in [5.74, 6) is 0.709. The van der Waals surface area contributed by atoms with Crippen LogP contribution in [-0.2, 0) is 0 Å². The number of benzene rings is 2. The average Bonchev–Trinajstić information content (AvgIpc) is 3.01. The van der Waals surface area contributed by atoms with Crippen molar-refractivity contribution >= 4 is 49.0 Å². The molecule has 0 aliphatic heterocycles. The largest absolute Gasteiger partial charge is 0.492 e. The van der Waals surface area contributed by atoms with E-state index in [1.165, 1.54) is 0 Å². The Morgan fingerprint density at radius 2 is 2.04 bits per heavy atom. The van der Waals surface area contributed by atoms with Gasteiger partial charge in [0.1, 0.15) is 11.9 Å². The predicted octanol–water partition coefficient (Wildman–Crippen LogP) is 6.58. The second-order valence-corrected chi connectivity index (χ2v) is 7.97. The van der Waals surface area contributed by atoms with Crippen molar-refractivity contribution < 1.29 is 9.84 Å². The lowest BCUT2D eigenvalue weighted by molar-refractivity contribution is 0.224. The monoisotopic (exact) mass is 424 g/mol. The molecule has 5 heteroatoms. The van der Waals surface area contributed by atoms with E-state index in [0.29, 0.717) is 22.9 Å². The first-order valence-corrected chi connectivity index (χ1v) is 9.87. The van der Waals surface area contributed by atoms with Crippen molar-refractivity contribution in [3.63, 3.8) is 0 Å². The summed E-state index contributed by atoms with van der Waals surface area (Å²) in [6.07, 6.45) is 1.32. The van der Waals surface area contributed by atoms with E-state index in [0.717, 1.165) is 32.3 Å². The Morgan fingerprint density at radius 1 is 1.25 bits per heavy atom. The van der Waals surface area contributed by atoms with E-state index in [-0.39, 0.29) is 0 Å². The minimum atomic E-state index is -0.754. The van der Waals surface area contributed by atoms with Gasteiger partial charge in [0.05, 0.1) is 16.1 Å². The van der Waals surface area contributed by atoms with Gasteiger partial charge < -0.3 is 9.84 Å². The number of rotatable bonds is 6. The number of thiophene rings is 1. The van der Waals surface area contributed by atoms with Gasteiger partial charge in [0.15, 0.2) is 0 Å². The highest BCUT2D eigenvalue weighted by Crippen LogP contribution is 2.39. The zero-order valence-electron chi connectivity index (χ0n) is 13.3. The Labute approximate surface area is 159 Å². The van der Waals surface area contributed by atoms with Gasteiger partial charge in [0, 0.05) is 21.2 Å². The molecule has 1 aromatic heterocycles. The van der Waals surface area contributed by atoms with Crippen LogP contribution in [0, 0.1) is 0 Å². The maximum atomic E-state index is 10.8. The highest BCUT2D eigenvalue weighted by atomic mass is 79.9. The van der Waals surface area contributed by atoms with Crippen molar-refractivity contribution in [2.45, 2.75) is 25.9 Å². The van der Waals surface area contributed by atoms with E-state index in [9.17, 15) is 5.11 Å². The molecule has 0 spiro atoms. The average molecular weight is 426 g/mol. The van der Waals surface area contributed by atoms with Crippen LogP contribution < -0.4 is 4.74 Å². The van der Waals surface area contributed by atoms with Crippen LogP contribution >= 0.6 is 38.9 Å². The predicted molar refractivity (Wildman–Crippen MR) is 105 cm³/mol. The fourth-order valence-electron chi connectivity index (χ4n) is 2.48. The second kappa shape index (κ2) is 7.87. The highest BCUT2D eigenvalue weighted by Gasteiger charge is 2.19. The lowest BCUT2D eigenvalue weighted by Gasteiger charge is -2.15. The number of unbranched alkanes of at least 4 members (excludes halogenated alkanes) is 1. The summed E-state index contributed by atoms with van der Waals surface area (Å²) in [7, 11) is 0. The Bertz CT molecular complexity index is 813. The molecule has 1 unspecified atom stereocenters. The lowest BCUT2D eigenvalue weighted by Crippen LogP contribution is -2.01. The molecule has 1 N–H and O–H groups in total. The van der Waals surface area contributed by atoms with Crippen molar-refractivity contribution in [1.82, 2.24) is 0 Å². The van der Waals surface area contributed by atoms with Gasteiger partial charge in [-0.25, -0.2) is 0 Å².